The molecule has 0 saturated carbocycles. The van der Waals surface area contributed by atoms with E-state index >= 15 is 0 Å². The molecule has 5 heteroatoms. The fourth-order valence-electron chi connectivity index (χ4n) is 1.84. The zero-order valence-corrected chi connectivity index (χ0v) is 9.50. The summed E-state index contributed by atoms with van der Waals surface area (Å²) in [6.45, 7) is 0.872. The highest BCUT2D eigenvalue weighted by atomic mass is 16.5. The molecule has 2 N–H and O–H groups in total. The summed E-state index contributed by atoms with van der Waals surface area (Å²) in [6.07, 6.45) is 3.68. The average Bonchev–Trinajstić information content (AvgIpc) is 2.33. The third kappa shape index (κ3) is 3.51. The molecule has 0 bridgehead atoms. The summed E-state index contributed by atoms with van der Waals surface area (Å²) in [6, 6.07) is 3.41. The van der Waals surface area contributed by atoms with Gasteiger partial charge in [0.2, 0.25) is 5.91 Å². The first-order valence-corrected chi connectivity index (χ1v) is 5.70. The normalized spacial score (nSPS) is 24.3. The van der Waals surface area contributed by atoms with Crippen molar-refractivity contribution in [3.63, 3.8) is 0 Å². The highest BCUT2D eigenvalue weighted by Gasteiger charge is 2.24. The maximum absolute atomic E-state index is 11.7. The van der Waals surface area contributed by atoms with E-state index in [0.717, 1.165) is 5.56 Å². The average molecular weight is 236 g/mol. The number of carbonyl (C=O) groups excluding carboxylic acids is 1. The number of pyridine rings is 1. The first-order valence-electron chi connectivity index (χ1n) is 5.70. The number of hydrogen-bond acceptors (Lipinski definition) is 4. The van der Waals surface area contributed by atoms with E-state index < -0.39 is 6.10 Å². The SMILES string of the molecule is O=C(Cc1ccncc1)N[C@@H]1CCOC[C@H]1O. The molecule has 1 aromatic heterocycles. The predicted molar refractivity (Wildman–Crippen MR) is 61.3 cm³/mol. The van der Waals surface area contributed by atoms with Gasteiger partial charge >= 0.3 is 0 Å². The zero-order chi connectivity index (χ0) is 12.1. The molecule has 1 aromatic rings. The number of aliphatic hydroxyl groups is 1. The summed E-state index contributed by atoms with van der Waals surface area (Å²) in [4.78, 5) is 15.6. The van der Waals surface area contributed by atoms with E-state index in [0.29, 0.717) is 26.1 Å². The summed E-state index contributed by atoms with van der Waals surface area (Å²) in [5.74, 6) is -0.0813. The van der Waals surface area contributed by atoms with Crippen molar-refractivity contribution in [2.45, 2.75) is 25.0 Å². The quantitative estimate of drug-likeness (QED) is 0.768. The van der Waals surface area contributed by atoms with Crippen molar-refractivity contribution in [2.75, 3.05) is 13.2 Å². The molecule has 17 heavy (non-hydrogen) atoms. The van der Waals surface area contributed by atoms with Crippen LogP contribution in [0.4, 0.5) is 0 Å². The van der Waals surface area contributed by atoms with Crippen molar-refractivity contribution < 1.29 is 14.6 Å². The summed E-state index contributed by atoms with van der Waals surface area (Å²) < 4.78 is 5.10. The Morgan fingerprint density at radius 2 is 2.29 bits per heavy atom. The third-order valence-electron chi connectivity index (χ3n) is 2.79. The molecular weight excluding hydrogens is 220 g/mol. The van der Waals surface area contributed by atoms with Crippen LogP contribution in [0.5, 0.6) is 0 Å². The molecule has 0 aromatic carbocycles. The fraction of sp³-hybridized carbons (Fsp3) is 0.500. The first kappa shape index (κ1) is 12.0. The molecule has 2 heterocycles. The van der Waals surface area contributed by atoms with Gasteiger partial charge in [0.25, 0.3) is 0 Å². The Bertz CT molecular complexity index is 369. The molecule has 0 unspecified atom stereocenters. The minimum atomic E-state index is -0.606. The Morgan fingerprint density at radius 1 is 1.53 bits per heavy atom. The Hall–Kier alpha value is -1.46. The summed E-state index contributed by atoms with van der Waals surface area (Å²) in [5, 5.41) is 12.5. The summed E-state index contributed by atoms with van der Waals surface area (Å²) in [7, 11) is 0. The summed E-state index contributed by atoms with van der Waals surface area (Å²) in [5.41, 5.74) is 0.916. The van der Waals surface area contributed by atoms with Crippen LogP contribution in [0.1, 0.15) is 12.0 Å². The number of amides is 1. The number of aromatic nitrogens is 1. The lowest BCUT2D eigenvalue weighted by Gasteiger charge is -2.28. The van der Waals surface area contributed by atoms with E-state index in [1.54, 1.807) is 24.5 Å². The van der Waals surface area contributed by atoms with Gasteiger partial charge in [0, 0.05) is 19.0 Å². The largest absolute Gasteiger partial charge is 0.389 e. The molecule has 0 radical (unpaired) electrons. The topological polar surface area (TPSA) is 71.5 Å². The maximum Gasteiger partial charge on any atom is 0.224 e. The van der Waals surface area contributed by atoms with Gasteiger partial charge in [-0.1, -0.05) is 0 Å². The van der Waals surface area contributed by atoms with Crippen LogP contribution >= 0.6 is 0 Å². The Kier molecular flexibility index (Phi) is 4.06. The molecule has 0 spiro atoms. The maximum atomic E-state index is 11.7. The van der Waals surface area contributed by atoms with Crippen molar-refractivity contribution in [3.8, 4) is 0 Å². The Morgan fingerprint density at radius 3 is 3.00 bits per heavy atom. The highest BCUT2D eigenvalue weighted by Crippen LogP contribution is 2.08. The lowest BCUT2D eigenvalue weighted by Crippen LogP contribution is -2.49. The molecular formula is C12H16N2O3. The van der Waals surface area contributed by atoms with E-state index in [2.05, 4.69) is 10.3 Å². The molecule has 2 rings (SSSR count). The van der Waals surface area contributed by atoms with E-state index in [4.69, 9.17) is 4.74 Å². The van der Waals surface area contributed by atoms with Gasteiger partial charge < -0.3 is 15.2 Å². The Labute approximate surface area is 99.8 Å². The molecule has 5 nitrogen and oxygen atoms in total. The van der Waals surface area contributed by atoms with E-state index in [9.17, 15) is 9.90 Å². The van der Waals surface area contributed by atoms with Gasteiger partial charge in [-0.25, -0.2) is 0 Å². The van der Waals surface area contributed by atoms with Crippen molar-refractivity contribution in [1.82, 2.24) is 10.3 Å². The van der Waals surface area contributed by atoms with Gasteiger partial charge in [-0.15, -0.1) is 0 Å². The van der Waals surface area contributed by atoms with Crippen LogP contribution in [0.2, 0.25) is 0 Å². The van der Waals surface area contributed by atoms with Crippen LogP contribution in [0, 0.1) is 0 Å². The number of carbonyl (C=O) groups is 1. The van der Waals surface area contributed by atoms with Crippen molar-refractivity contribution >= 4 is 5.91 Å². The van der Waals surface area contributed by atoms with Crippen LogP contribution in [0.25, 0.3) is 0 Å². The fourth-order valence-corrected chi connectivity index (χ4v) is 1.84. The van der Waals surface area contributed by atoms with Gasteiger partial charge in [-0.2, -0.15) is 0 Å². The number of nitrogens with zero attached hydrogens (tertiary/aromatic N) is 1. The molecule has 1 aliphatic rings. The number of aliphatic hydroxyl groups excluding tert-OH is 1. The molecule has 1 aliphatic heterocycles. The first-order chi connectivity index (χ1) is 8.25. The van der Waals surface area contributed by atoms with E-state index in [-0.39, 0.29) is 11.9 Å². The molecule has 1 amide bonds. The minimum Gasteiger partial charge on any atom is -0.389 e. The van der Waals surface area contributed by atoms with Gasteiger partial charge in [0.1, 0.15) is 0 Å². The van der Waals surface area contributed by atoms with Crippen LogP contribution in [-0.2, 0) is 16.0 Å². The van der Waals surface area contributed by atoms with Gasteiger partial charge in [-0.05, 0) is 24.1 Å². The van der Waals surface area contributed by atoms with E-state index in [1.807, 2.05) is 0 Å². The van der Waals surface area contributed by atoms with Crippen LogP contribution in [0.3, 0.4) is 0 Å². The van der Waals surface area contributed by atoms with Crippen LogP contribution in [0.15, 0.2) is 24.5 Å². The third-order valence-corrected chi connectivity index (χ3v) is 2.79. The van der Waals surface area contributed by atoms with Gasteiger partial charge in [0.15, 0.2) is 0 Å². The zero-order valence-electron chi connectivity index (χ0n) is 9.50. The van der Waals surface area contributed by atoms with Gasteiger partial charge in [0.05, 0.1) is 25.2 Å². The number of ether oxygens (including phenoxy) is 1. The Balaban J connectivity index is 1.84. The number of rotatable bonds is 3. The molecule has 92 valence electrons. The molecule has 1 saturated heterocycles. The van der Waals surface area contributed by atoms with Crippen LogP contribution < -0.4 is 5.32 Å². The lowest BCUT2D eigenvalue weighted by atomic mass is 10.1. The molecule has 1 fully saturated rings. The monoisotopic (exact) mass is 236 g/mol. The lowest BCUT2D eigenvalue weighted by molar-refractivity contribution is -0.123. The smallest absolute Gasteiger partial charge is 0.224 e. The molecule has 0 aliphatic carbocycles. The predicted octanol–water partition coefficient (Wildman–Crippen LogP) is -0.110. The summed E-state index contributed by atoms with van der Waals surface area (Å²) >= 11 is 0. The molecule has 2 atom stereocenters. The second-order valence-electron chi connectivity index (χ2n) is 4.14. The second kappa shape index (κ2) is 5.75. The highest BCUT2D eigenvalue weighted by molar-refractivity contribution is 5.78. The number of hydrogen-bond donors (Lipinski definition) is 2. The van der Waals surface area contributed by atoms with Gasteiger partial charge in [-0.3, -0.25) is 9.78 Å². The van der Waals surface area contributed by atoms with Crippen molar-refractivity contribution in [2.24, 2.45) is 0 Å². The van der Waals surface area contributed by atoms with Crippen molar-refractivity contribution in [1.29, 1.82) is 0 Å². The van der Waals surface area contributed by atoms with E-state index in [1.165, 1.54) is 0 Å². The standard InChI is InChI=1S/C12H16N2O3/c15-11-8-17-6-3-10(11)14-12(16)7-9-1-4-13-5-2-9/h1-2,4-5,10-11,15H,3,6-8H2,(H,14,16)/t10-,11-/m1/s1. The van der Waals surface area contributed by atoms with Crippen molar-refractivity contribution in [3.05, 3.63) is 30.1 Å². The number of nitrogens with one attached hydrogen (secondary N) is 1. The minimum absolute atomic E-state index is 0.0813. The second-order valence-corrected chi connectivity index (χ2v) is 4.14. The van der Waals surface area contributed by atoms with Crippen LogP contribution in [-0.4, -0.2) is 41.4 Å².